The molecule has 1 amide bonds. The summed E-state index contributed by atoms with van der Waals surface area (Å²) in [6.45, 7) is 4.47. The molecule has 2 rings (SSSR count). The van der Waals surface area contributed by atoms with Crippen molar-refractivity contribution in [1.29, 1.82) is 0 Å². The topological polar surface area (TPSA) is 55.1 Å². The van der Waals surface area contributed by atoms with E-state index >= 15 is 0 Å². The second-order valence-electron chi connectivity index (χ2n) is 5.18. The predicted octanol–water partition coefficient (Wildman–Crippen LogP) is 4.25. The van der Waals surface area contributed by atoms with E-state index in [0.29, 0.717) is 30.4 Å². The Hall–Kier alpha value is -1.46. The van der Waals surface area contributed by atoms with E-state index in [4.69, 9.17) is 16.1 Å². The van der Waals surface area contributed by atoms with Gasteiger partial charge in [0.15, 0.2) is 5.76 Å². The van der Waals surface area contributed by atoms with E-state index in [2.05, 4.69) is 10.5 Å². The lowest BCUT2D eigenvalue weighted by molar-refractivity contribution is -0.120. The molecule has 118 valence electrons. The standard InChI is InChI=1S/C16H19ClN2O2S/c1-11(2)14-9-12(21-19-14)10-18-16(20)7-8-22-15-6-4-3-5-13(15)17/h3-6,9,11H,7-8,10H2,1-2H3,(H,18,20). The fourth-order valence-corrected chi connectivity index (χ4v) is 2.96. The molecule has 22 heavy (non-hydrogen) atoms. The van der Waals surface area contributed by atoms with Gasteiger partial charge in [0.25, 0.3) is 0 Å². The molecule has 1 heterocycles. The van der Waals surface area contributed by atoms with Gasteiger partial charge in [0.05, 0.1) is 17.3 Å². The molecule has 1 aromatic heterocycles. The largest absolute Gasteiger partial charge is 0.359 e. The van der Waals surface area contributed by atoms with Crippen LogP contribution in [0.4, 0.5) is 0 Å². The van der Waals surface area contributed by atoms with Crippen LogP contribution in [-0.2, 0) is 11.3 Å². The predicted molar refractivity (Wildman–Crippen MR) is 89.2 cm³/mol. The molecule has 0 aliphatic rings. The van der Waals surface area contributed by atoms with Gasteiger partial charge in [-0.05, 0) is 18.1 Å². The number of hydrogen-bond acceptors (Lipinski definition) is 4. The summed E-state index contributed by atoms with van der Waals surface area (Å²) < 4.78 is 5.18. The molecule has 4 nitrogen and oxygen atoms in total. The van der Waals surface area contributed by atoms with Crippen LogP contribution in [0.5, 0.6) is 0 Å². The zero-order chi connectivity index (χ0) is 15.9. The molecule has 0 saturated heterocycles. The summed E-state index contributed by atoms with van der Waals surface area (Å²) in [7, 11) is 0. The van der Waals surface area contributed by atoms with Crippen LogP contribution in [0.2, 0.25) is 5.02 Å². The van der Waals surface area contributed by atoms with Gasteiger partial charge in [0.1, 0.15) is 0 Å². The summed E-state index contributed by atoms with van der Waals surface area (Å²) in [5, 5.41) is 7.51. The minimum absolute atomic E-state index is 0.0120. The number of nitrogens with zero attached hydrogens (tertiary/aromatic N) is 1. The van der Waals surface area contributed by atoms with Crippen molar-refractivity contribution in [1.82, 2.24) is 10.5 Å². The molecule has 0 aliphatic carbocycles. The molecule has 0 saturated carbocycles. The molecule has 1 N–H and O–H groups in total. The van der Waals surface area contributed by atoms with E-state index in [1.807, 2.05) is 44.2 Å². The molecule has 0 radical (unpaired) electrons. The molecule has 2 aromatic rings. The van der Waals surface area contributed by atoms with Crippen molar-refractivity contribution >= 4 is 29.3 Å². The van der Waals surface area contributed by atoms with Gasteiger partial charge in [-0.15, -0.1) is 11.8 Å². The first-order valence-electron chi connectivity index (χ1n) is 7.15. The highest BCUT2D eigenvalue weighted by Crippen LogP contribution is 2.26. The van der Waals surface area contributed by atoms with Crippen LogP contribution in [-0.4, -0.2) is 16.8 Å². The van der Waals surface area contributed by atoms with Gasteiger partial charge in [-0.25, -0.2) is 0 Å². The van der Waals surface area contributed by atoms with Gasteiger partial charge in [0.2, 0.25) is 5.91 Å². The average Bonchev–Trinajstić information content (AvgIpc) is 2.96. The smallest absolute Gasteiger partial charge is 0.221 e. The highest BCUT2D eigenvalue weighted by Gasteiger charge is 2.09. The zero-order valence-electron chi connectivity index (χ0n) is 12.6. The highest BCUT2D eigenvalue weighted by molar-refractivity contribution is 7.99. The maximum atomic E-state index is 11.8. The lowest BCUT2D eigenvalue weighted by atomic mass is 10.1. The molecule has 0 fully saturated rings. The first-order chi connectivity index (χ1) is 10.6. The first kappa shape index (κ1) is 16.9. The Balaban J connectivity index is 1.70. The lowest BCUT2D eigenvalue weighted by Gasteiger charge is -2.04. The average molecular weight is 339 g/mol. The van der Waals surface area contributed by atoms with Gasteiger partial charge < -0.3 is 9.84 Å². The summed E-state index contributed by atoms with van der Waals surface area (Å²) in [5.74, 6) is 1.67. The first-order valence-corrected chi connectivity index (χ1v) is 8.52. The van der Waals surface area contributed by atoms with E-state index < -0.39 is 0 Å². The summed E-state index contributed by atoms with van der Waals surface area (Å²) >= 11 is 7.64. The van der Waals surface area contributed by atoms with Gasteiger partial charge in [-0.3, -0.25) is 4.79 Å². The molecule has 0 atom stereocenters. The number of benzene rings is 1. The summed E-state index contributed by atoms with van der Waals surface area (Å²) in [4.78, 5) is 12.8. The number of hydrogen-bond donors (Lipinski definition) is 1. The minimum atomic E-state index is -0.0120. The van der Waals surface area contributed by atoms with E-state index in [-0.39, 0.29) is 5.91 Å². The maximum absolute atomic E-state index is 11.8. The van der Waals surface area contributed by atoms with E-state index in [0.717, 1.165) is 15.6 Å². The Morgan fingerprint density at radius 3 is 2.86 bits per heavy atom. The number of thioether (sulfide) groups is 1. The molecule has 0 aliphatic heterocycles. The Morgan fingerprint density at radius 1 is 1.41 bits per heavy atom. The number of aromatic nitrogens is 1. The molecule has 0 unspecified atom stereocenters. The van der Waals surface area contributed by atoms with E-state index in [1.165, 1.54) is 0 Å². The number of carbonyl (C=O) groups excluding carboxylic acids is 1. The molecule has 0 spiro atoms. The van der Waals surface area contributed by atoms with Crippen molar-refractivity contribution in [3.05, 3.63) is 46.8 Å². The quantitative estimate of drug-likeness (QED) is 0.767. The number of rotatable bonds is 7. The van der Waals surface area contributed by atoms with Crippen molar-refractivity contribution in [2.75, 3.05) is 5.75 Å². The normalized spacial score (nSPS) is 10.9. The molecule has 6 heteroatoms. The van der Waals surface area contributed by atoms with Crippen LogP contribution in [0.15, 0.2) is 39.8 Å². The Labute approximate surface area is 139 Å². The molecule has 1 aromatic carbocycles. The van der Waals surface area contributed by atoms with Crippen molar-refractivity contribution in [2.45, 2.75) is 37.6 Å². The second-order valence-corrected chi connectivity index (χ2v) is 6.72. The third-order valence-corrected chi connectivity index (χ3v) is 4.57. The Bertz CT molecular complexity index is 628. The highest BCUT2D eigenvalue weighted by atomic mass is 35.5. The van der Waals surface area contributed by atoms with Crippen LogP contribution < -0.4 is 5.32 Å². The fraction of sp³-hybridized carbons (Fsp3) is 0.375. The molecular weight excluding hydrogens is 320 g/mol. The Kier molecular flexibility index (Phi) is 6.34. The zero-order valence-corrected chi connectivity index (χ0v) is 14.2. The van der Waals surface area contributed by atoms with Gasteiger partial charge in [-0.2, -0.15) is 0 Å². The lowest BCUT2D eigenvalue weighted by Crippen LogP contribution is -2.22. The number of halogens is 1. The molecular formula is C16H19ClN2O2S. The number of nitrogens with one attached hydrogen (secondary N) is 1. The van der Waals surface area contributed by atoms with Gasteiger partial charge in [-0.1, -0.05) is 42.7 Å². The van der Waals surface area contributed by atoms with Crippen molar-refractivity contribution < 1.29 is 9.32 Å². The van der Waals surface area contributed by atoms with Crippen LogP contribution in [0.25, 0.3) is 0 Å². The van der Waals surface area contributed by atoms with Gasteiger partial charge in [0, 0.05) is 23.1 Å². The van der Waals surface area contributed by atoms with Crippen LogP contribution >= 0.6 is 23.4 Å². The van der Waals surface area contributed by atoms with E-state index in [1.54, 1.807) is 11.8 Å². The van der Waals surface area contributed by atoms with Crippen LogP contribution in [0.1, 0.15) is 37.6 Å². The molecule has 0 bridgehead atoms. The second kappa shape index (κ2) is 8.25. The van der Waals surface area contributed by atoms with Crippen molar-refractivity contribution in [3.8, 4) is 0 Å². The summed E-state index contributed by atoms with van der Waals surface area (Å²) in [6.07, 6.45) is 0.432. The third kappa shape index (κ3) is 5.07. The third-order valence-electron chi connectivity index (χ3n) is 3.05. The van der Waals surface area contributed by atoms with Crippen molar-refractivity contribution in [3.63, 3.8) is 0 Å². The number of carbonyl (C=O) groups is 1. The van der Waals surface area contributed by atoms with Crippen molar-refractivity contribution in [2.24, 2.45) is 0 Å². The van der Waals surface area contributed by atoms with E-state index in [9.17, 15) is 4.79 Å². The Morgan fingerprint density at radius 2 is 2.18 bits per heavy atom. The maximum Gasteiger partial charge on any atom is 0.221 e. The van der Waals surface area contributed by atoms with Crippen LogP contribution in [0.3, 0.4) is 0 Å². The van der Waals surface area contributed by atoms with Crippen LogP contribution in [0, 0.1) is 0 Å². The summed E-state index contributed by atoms with van der Waals surface area (Å²) in [5.41, 5.74) is 0.901. The SMILES string of the molecule is CC(C)c1cc(CNC(=O)CCSc2ccccc2Cl)on1. The number of amides is 1. The fourth-order valence-electron chi connectivity index (χ4n) is 1.77. The monoisotopic (exact) mass is 338 g/mol. The van der Waals surface area contributed by atoms with Gasteiger partial charge >= 0.3 is 0 Å². The minimum Gasteiger partial charge on any atom is -0.359 e. The summed E-state index contributed by atoms with van der Waals surface area (Å²) in [6, 6.07) is 9.50.